The fraction of sp³-hybridized carbons (Fsp3) is 0.167. The first-order chi connectivity index (χ1) is 13.2. The Bertz CT molecular complexity index is 930. The topological polar surface area (TPSA) is 107 Å². The number of rotatable bonds is 7. The van der Waals surface area contributed by atoms with Crippen LogP contribution in [0.15, 0.2) is 58.4 Å². The van der Waals surface area contributed by atoms with E-state index in [2.05, 4.69) is 20.5 Å². The molecule has 138 valence electrons. The van der Waals surface area contributed by atoms with Gasteiger partial charge in [-0.05, 0) is 37.3 Å². The number of carbonyl (C=O) groups is 2. The Balaban J connectivity index is 1.55. The third-order valence-corrected chi connectivity index (χ3v) is 4.14. The maximum absolute atomic E-state index is 12.1. The summed E-state index contributed by atoms with van der Waals surface area (Å²) in [5.74, 6) is -0.244. The highest BCUT2D eigenvalue weighted by atomic mass is 32.2. The van der Waals surface area contributed by atoms with E-state index in [1.807, 2.05) is 0 Å². The van der Waals surface area contributed by atoms with Crippen molar-refractivity contribution in [3.63, 3.8) is 0 Å². The van der Waals surface area contributed by atoms with Crippen LogP contribution in [0.25, 0.3) is 11.5 Å². The summed E-state index contributed by atoms with van der Waals surface area (Å²) in [4.78, 5) is 27.8. The Labute approximate surface area is 159 Å². The van der Waals surface area contributed by atoms with Crippen molar-refractivity contribution in [1.29, 1.82) is 0 Å². The minimum atomic E-state index is -0.433. The lowest BCUT2D eigenvalue weighted by Gasteiger charge is -2.06. The zero-order valence-electron chi connectivity index (χ0n) is 14.4. The number of thioether (sulfide) groups is 1. The number of nitrogens with one attached hydrogen (secondary N) is 1. The predicted octanol–water partition coefficient (Wildman–Crippen LogP) is 3.04. The summed E-state index contributed by atoms with van der Waals surface area (Å²) >= 11 is 1.12. The maximum Gasteiger partial charge on any atom is 0.338 e. The second kappa shape index (κ2) is 8.95. The fourth-order valence-corrected chi connectivity index (χ4v) is 2.71. The van der Waals surface area contributed by atoms with Gasteiger partial charge in [-0.2, -0.15) is 0 Å². The smallest absolute Gasteiger partial charge is 0.338 e. The highest BCUT2D eigenvalue weighted by Gasteiger charge is 2.12. The van der Waals surface area contributed by atoms with E-state index in [4.69, 9.17) is 9.15 Å². The molecule has 0 saturated heterocycles. The number of hydrogen-bond acceptors (Lipinski definition) is 8. The molecular formula is C18H16N4O4S. The Morgan fingerprint density at radius 3 is 2.78 bits per heavy atom. The van der Waals surface area contributed by atoms with Gasteiger partial charge in [-0.3, -0.25) is 9.78 Å². The molecule has 0 unspecified atom stereocenters. The molecule has 0 aliphatic rings. The summed E-state index contributed by atoms with van der Waals surface area (Å²) in [6.45, 7) is 2.02. The van der Waals surface area contributed by atoms with E-state index < -0.39 is 5.97 Å². The molecule has 0 spiro atoms. The highest BCUT2D eigenvalue weighted by Crippen LogP contribution is 2.22. The molecule has 8 nitrogen and oxygen atoms in total. The van der Waals surface area contributed by atoms with Crippen molar-refractivity contribution in [3.05, 3.63) is 54.4 Å². The first-order valence-corrected chi connectivity index (χ1v) is 9.08. The van der Waals surface area contributed by atoms with E-state index >= 15 is 0 Å². The normalized spacial score (nSPS) is 10.4. The van der Waals surface area contributed by atoms with Gasteiger partial charge in [0.15, 0.2) is 0 Å². The van der Waals surface area contributed by atoms with E-state index in [-0.39, 0.29) is 23.5 Å². The van der Waals surface area contributed by atoms with E-state index in [0.717, 1.165) is 17.3 Å². The molecular weight excluding hydrogens is 368 g/mol. The van der Waals surface area contributed by atoms with Gasteiger partial charge in [-0.15, -0.1) is 10.2 Å². The lowest BCUT2D eigenvalue weighted by Crippen LogP contribution is -2.14. The monoisotopic (exact) mass is 384 g/mol. The SMILES string of the molecule is CCOC(=O)c1cccc(NC(=O)CSc2nnc(-c3ccncc3)o2)c1. The largest absolute Gasteiger partial charge is 0.462 e. The molecule has 1 aromatic carbocycles. The number of ether oxygens (including phenoxy) is 1. The third kappa shape index (κ3) is 5.14. The van der Waals surface area contributed by atoms with Crippen LogP contribution in [-0.4, -0.2) is 39.4 Å². The summed E-state index contributed by atoms with van der Waals surface area (Å²) in [6, 6.07) is 10.1. The lowest BCUT2D eigenvalue weighted by molar-refractivity contribution is -0.113. The predicted molar refractivity (Wildman–Crippen MR) is 99.3 cm³/mol. The second-order valence-electron chi connectivity index (χ2n) is 5.25. The van der Waals surface area contributed by atoms with Gasteiger partial charge < -0.3 is 14.5 Å². The molecule has 1 N–H and O–H groups in total. The van der Waals surface area contributed by atoms with Crippen LogP contribution in [0.5, 0.6) is 0 Å². The van der Waals surface area contributed by atoms with Crippen LogP contribution in [0, 0.1) is 0 Å². The standard InChI is InChI=1S/C18H16N4O4S/c1-2-25-17(24)13-4-3-5-14(10-13)20-15(23)11-27-18-22-21-16(26-18)12-6-8-19-9-7-12/h3-10H,2,11H2,1H3,(H,20,23). The van der Waals surface area contributed by atoms with Crippen molar-refractivity contribution < 1.29 is 18.7 Å². The lowest BCUT2D eigenvalue weighted by atomic mass is 10.2. The van der Waals surface area contributed by atoms with Crippen LogP contribution >= 0.6 is 11.8 Å². The van der Waals surface area contributed by atoms with Crippen LogP contribution in [0.1, 0.15) is 17.3 Å². The molecule has 3 rings (SSSR count). The number of aromatic nitrogens is 3. The number of carbonyl (C=O) groups excluding carboxylic acids is 2. The molecule has 0 aliphatic heterocycles. The third-order valence-electron chi connectivity index (χ3n) is 3.32. The molecule has 2 aromatic heterocycles. The molecule has 0 radical (unpaired) electrons. The van der Waals surface area contributed by atoms with Crippen LogP contribution in [0.2, 0.25) is 0 Å². The van der Waals surface area contributed by atoms with Gasteiger partial charge in [0.1, 0.15) is 0 Å². The number of benzene rings is 1. The molecule has 2 heterocycles. The Hall–Kier alpha value is -3.20. The van der Waals surface area contributed by atoms with Gasteiger partial charge in [-0.25, -0.2) is 4.79 Å². The van der Waals surface area contributed by atoms with Crippen LogP contribution < -0.4 is 5.32 Å². The van der Waals surface area contributed by atoms with Crippen molar-refractivity contribution >= 4 is 29.3 Å². The van der Waals surface area contributed by atoms with Crippen LogP contribution in [-0.2, 0) is 9.53 Å². The molecule has 0 aliphatic carbocycles. The van der Waals surface area contributed by atoms with Gasteiger partial charge in [0, 0.05) is 23.6 Å². The number of anilines is 1. The number of pyridine rings is 1. The zero-order chi connectivity index (χ0) is 19.1. The Morgan fingerprint density at radius 2 is 2.00 bits per heavy atom. The summed E-state index contributed by atoms with van der Waals surface area (Å²) in [5, 5.41) is 10.9. The van der Waals surface area contributed by atoms with Gasteiger partial charge in [0.25, 0.3) is 5.22 Å². The quantitative estimate of drug-likeness (QED) is 0.489. The van der Waals surface area contributed by atoms with Gasteiger partial charge >= 0.3 is 5.97 Å². The van der Waals surface area contributed by atoms with Crippen LogP contribution in [0.3, 0.4) is 0 Å². The summed E-state index contributed by atoms with van der Waals surface area (Å²) < 4.78 is 10.5. The molecule has 3 aromatic rings. The maximum atomic E-state index is 12.1. The average Bonchev–Trinajstić information content (AvgIpc) is 3.17. The van der Waals surface area contributed by atoms with Crippen molar-refractivity contribution in [1.82, 2.24) is 15.2 Å². The van der Waals surface area contributed by atoms with E-state index in [1.54, 1.807) is 55.7 Å². The number of nitrogens with zero attached hydrogens (tertiary/aromatic N) is 3. The Morgan fingerprint density at radius 1 is 1.19 bits per heavy atom. The van der Waals surface area contributed by atoms with Crippen molar-refractivity contribution in [2.24, 2.45) is 0 Å². The number of hydrogen-bond donors (Lipinski definition) is 1. The van der Waals surface area contributed by atoms with Crippen molar-refractivity contribution in [3.8, 4) is 11.5 Å². The van der Waals surface area contributed by atoms with Gasteiger partial charge in [0.05, 0.1) is 17.9 Å². The van der Waals surface area contributed by atoms with Crippen molar-refractivity contribution in [2.75, 3.05) is 17.7 Å². The minimum absolute atomic E-state index is 0.0849. The first kappa shape index (κ1) is 18.6. The fourth-order valence-electron chi connectivity index (χ4n) is 2.14. The molecule has 0 bridgehead atoms. The van der Waals surface area contributed by atoms with Gasteiger partial charge in [0.2, 0.25) is 11.8 Å². The van der Waals surface area contributed by atoms with E-state index in [9.17, 15) is 9.59 Å². The number of esters is 1. The molecule has 9 heteroatoms. The van der Waals surface area contributed by atoms with Crippen molar-refractivity contribution in [2.45, 2.75) is 12.1 Å². The molecule has 0 fully saturated rings. The molecule has 0 atom stereocenters. The Kier molecular flexibility index (Phi) is 6.16. The highest BCUT2D eigenvalue weighted by molar-refractivity contribution is 7.99. The van der Waals surface area contributed by atoms with Gasteiger partial charge in [-0.1, -0.05) is 17.8 Å². The van der Waals surface area contributed by atoms with Crippen LogP contribution in [0.4, 0.5) is 5.69 Å². The molecule has 0 saturated carbocycles. The molecule has 1 amide bonds. The first-order valence-electron chi connectivity index (χ1n) is 8.09. The molecule has 27 heavy (non-hydrogen) atoms. The van der Waals surface area contributed by atoms with E-state index in [0.29, 0.717) is 17.1 Å². The number of amides is 1. The van der Waals surface area contributed by atoms with E-state index in [1.165, 1.54) is 0 Å². The summed E-state index contributed by atoms with van der Waals surface area (Å²) in [5.41, 5.74) is 1.64. The average molecular weight is 384 g/mol. The second-order valence-corrected chi connectivity index (χ2v) is 6.17. The summed E-state index contributed by atoms with van der Waals surface area (Å²) in [7, 11) is 0. The zero-order valence-corrected chi connectivity index (χ0v) is 15.2. The summed E-state index contributed by atoms with van der Waals surface area (Å²) in [6.07, 6.45) is 3.26. The minimum Gasteiger partial charge on any atom is -0.462 e.